The number of hydrogen-bond donors (Lipinski definition) is 1. The highest BCUT2D eigenvalue weighted by Crippen LogP contribution is 2.23. The molecule has 0 amide bonds. The Bertz CT molecular complexity index is 293. The zero-order chi connectivity index (χ0) is 9.84. The van der Waals surface area contributed by atoms with Crippen LogP contribution in [0.2, 0.25) is 10.0 Å². The van der Waals surface area contributed by atoms with E-state index in [0.717, 1.165) is 0 Å². The second-order valence-corrected chi connectivity index (χ2v) is 3.34. The number of aliphatic hydroxyl groups is 1. The molecule has 1 aromatic heterocycles. The van der Waals surface area contributed by atoms with Gasteiger partial charge < -0.3 is 9.84 Å². The molecule has 0 spiro atoms. The van der Waals surface area contributed by atoms with Crippen molar-refractivity contribution in [3.05, 3.63) is 28.0 Å². The van der Waals surface area contributed by atoms with Crippen LogP contribution in [0.3, 0.4) is 0 Å². The minimum Gasteiger partial charge on any atom is -0.384 e. The Labute approximate surface area is 86.3 Å². The fraction of sp³-hybridized carbons (Fsp3) is 0.375. The number of aliphatic hydroxyl groups excluding tert-OH is 1. The van der Waals surface area contributed by atoms with Gasteiger partial charge in [-0.15, -0.1) is 0 Å². The zero-order valence-corrected chi connectivity index (χ0v) is 8.51. The summed E-state index contributed by atoms with van der Waals surface area (Å²) in [4.78, 5) is 3.90. The van der Waals surface area contributed by atoms with Crippen molar-refractivity contribution in [1.82, 2.24) is 4.98 Å². The minimum absolute atomic E-state index is 0.161. The highest BCUT2D eigenvalue weighted by atomic mass is 35.5. The average Bonchev–Trinajstić information content (AvgIpc) is 2.04. The van der Waals surface area contributed by atoms with Gasteiger partial charge >= 0.3 is 0 Å². The number of ether oxygens (including phenoxy) is 1. The Morgan fingerprint density at radius 3 is 2.85 bits per heavy atom. The van der Waals surface area contributed by atoms with Crippen LogP contribution in [0.4, 0.5) is 0 Å². The van der Waals surface area contributed by atoms with Crippen LogP contribution in [0.15, 0.2) is 12.3 Å². The van der Waals surface area contributed by atoms with Crippen molar-refractivity contribution in [1.29, 1.82) is 0 Å². The molecule has 0 aliphatic carbocycles. The van der Waals surface area contributed by atoms with E-state index in [4.69, 9.17) is 27.9 Å². The van der Waals surface area contributed by atoms with Crippen molar-refractivity contribution in [2.45, 2.75) is 6.10 Å². The maximum atomic E-state index is 9.48. The SMILES string of the molecule is COCC(O)c1ncc(Cl)cc1Cl. The van der Waals surface area contributed by atoms with Gasteiger partial charge in [0.15, 0.2) is 0 Å². The lowest BCUT2D eigenvalue weighted by atomic mass is 10.2. The Hall–Kier alpha value is -0.350. The highest BCUT2D eigenvalue weighted by Gasteiger charge is 2.12. The van der Waals surface area contributed by atoms with E-state index in [2.05, 4.69) is 4.98 Å². The number of rotatable bonds is 3. The van der Waals surface area contributed by atoms with E-state index in [-0.39, 0.29) is 6.61 Å². The van der Waals surface area contributed by atoms with Crippen molar-refractivity contribution in [2.75, 3.05) is 13.7 Å². The summed E-state index contributed by atoms with van der Waals surface area (Å²) in [7, 11) is 1.49. The molecular weight excluding hydrogens is 213 g/mol. The molecule has 0 aliphatic rings. The third kappa shape index (κ3) is 2.81. The molecule has 3 nitrogen and oxygen atoms in total. The highest BCUT2D eigenvalue weighted by molar-refractivity contribution is 6.34. The van der Waals surface area contributed by atoms with Gasteiger partial charge in [-0.05, 0) is 6.07 Å². The molecule has 0 fully saturated rings. The van der Waals surface area contributed by atoms with Crippen LogP contribution in [0.25, 0.3) is 0 Å². The molecule has 5 heteroatoms. The molecule has 0 radical (unpaired) electrons. The van der Waals surface area contributed by atoms with Crippen LogP contribution < -0.4 is 0 Å². The molecule has 1 heterocycles. The maximum Gasteiger partial charge on any atom is 0.121 e. The molecule has 0 aliphatic heterocycles. The van der Waals surface area contributed by atoms with E-state index >= 15 is 0 Å². The summed E-state index contributed by atoms with van der Waals surface area (Å²) in [5, 5.41) is 10.3. The predicted octanol–water partition coefficient (Wildman–Crippen LogP) is 2.07. The Kier molecular flexibility index (Phi) is 3.93. The summed E-state index contributed by atoms with van der Waals surface area (Å²) in [6, 6.07) is 1.53. The Morgan fingerprint density at radius 1 is 1.62 bits per heavy atom. The fourth-order valence-electron chi connectivity index (χ4n) is 0.907. The third-order valence-electron chi connectivity index (χ3n) is 1.48. The minimum atomic E-state index is -0.810. The maximum absolute atomic E-state index is 9.48. The van der Waals surface area contributed by atoms with Crippen molar-refractivity contribution < 1.29 is 9.84 Å². The average molecular weight is 222 g/mol. The molecule has 1 aromatic rings. The topological polar surface area (TPSA) is 42.4 Å². The molecule has 13 heavy (non-hydrogen) atoms. The van der Waals surface area contributed by atoms with Crippen LogP contribution in [-0.2, 0) is 4.74 Å². The van der Waals surface area contributed by atoms with Gasteiger partial charge in [-0.25, -0.2) is 0 Å². The summed E-state index contributed by atoms with van der Waals surface area (Å²) in [5.74, 6) is 0. The molecule has 0 saturated heterocycles. The third-order valence-corrected chi connectivity index (χ3v) is 1.99. The second kappa shape index (κ2) is 4.77. The summed E-state index contributed by atoms with van der Waals surface area (Å²) >= 11 is 11.4. The first-order chi connectivity index (χ1) is 6.15. The summed E-state index contributed by atoms with van der Waals surface area (Å²) in [6.45, 7) is 0.161. The van der Waals surface area contributed by atoms with Crippen molar-refractivity contribution in [2.24, 2.45) is 0 Å². The Morgan fingerprint density at radius 2 is 2.31 bits per heavy atom. The lowest BCUT2D eigenvalue weighted by molar-refractivity contribution is 0.0618. The van der Waals surface area contributed by atoms with Gasteiger partial charge in [0.1, 0.15) is 6.10 Å². The van der Waals surface area contributed by atoms with Crippen LogP contribution in [0, 0.1) is 0 Å². The monoisotopic (exact) mass is 221 g/mol. The summed E-state index contributed by atoms with van der Waals surface area (Å²) in [6.07, 6.45) is 0.622. The van der Waals surface area contributed by atoms with Gasteiger partial charge in [0, 0.05) is 13.3 Å². The fourth-order valence-corrected chi connectivity index (χ4v) is 1.41. The number of halogens is 2. The van der Waals surface area contributed by atoms with E-state index in [1.165, 1.54) is 19.4 Å². The smallest absolute Gasteiger partial charge is 0.121 e. The zero-order valence-electron chi connectivity index (χ0n) is 7.00. The van der Waals surface area contributed by atoms with Gasteiger partial charge in [-0.1, -0.05) is 23.2 Å². The van der Waals surface area contributed by atoms with Crippen molar-refractivity contribution in [3.63, 3.8) is 0 Å². The number of aromatic nitrogens is 1. The van der Waals surface area contributed by atoms with Crippen molar-refractivity contribution >= 4 is 23.2 Å². The lowest BCUT2D eigenvalue weighted by Gasteiger charge is -2.09. The van der Waals surface area contributed by atoms with Crippen molar-refractivity contribution in [3.8, 4) is 0 Å². The Balaban J connectivity index is 2.88. The normalized spacial score (nSPS) is 12.9. The van der Waals surface area contributed by atoms with Crippen LogP contribution in [0.5, 0.6) is 0 Å². The summed E-state index contributed by atoms with van der Waals surface area (Å²) < 4.78 is 4.76. The largest absolute Gasteiger partial charge is 0.384 e. The van der Waals surface area contributed by atoms with Crippen LogP contribution in [-0.4, -0.2) is 23.8 Å². The number of methoxy groups -OCH3 is 1. The molecule has 0 bridgehead atoms. The molecule has 1 atom stereocenters. The van der Waals surface area contributed by atoms with Gasteiger partial charge in [0.25, 0.3) is 0 Å². The number of hydrogen-bond acceptors (Lipinski definition) is 3. The number of pyridine rings is 1. The molecule has 72 valence electrons. The molecule has 1 N–H and O–H groups in total. The molecule has 1 unspecified atom stereocenters. The van der Waals surface area contributed by atoms with Crippen LogP contribution in [0.1, 0.15) is 11.8 Å². The first-order valence-corrected chi connectivity index (χ1v) is 4.38. The first kappa shape index (κ1) is 10.7. The van der Waals surface area contributed by atoms with Gasteiger partial charge in [-0.2, -0.15) is 0 Å². The van der Waals surface area contributed by atoms with E-state index in [1.807, 2.05) is 0 Å². The van der Waals surface area contributed by atoms with Crippen LogP contribution >= 0.6 is 23.2 Å². The first-order valence-electron chi connectivity index (χ1n) is 3.63. The van der Waals surface area contributed by atoms with E-state index in [0.29, 0.717) is 15.7 Å². The quantitative estimate of drug-likeness (QED) is 0.851. The molecule has 0 saturated carbocycles. The molecular formula is C8H9Cl2NO2. The van der Waals surface area contributed by atoms with Gasteiger partial charge in [0.05, 0.1) is 22.3 Å². The second-order valence-electron chi connectivity index (χ2n) is 2.49. The van der Waals surface area contributed by atoms with Gasteiger partial charge in [0.2, 0.25) is 0 Å². The number of nitrogens with zero attached hydrogens (tertiary/aromatic N) is 1. The molecule has 0 aromatic carbocycles. The molecule has 1 rings (SSSR count). The van der Waals surface area contributed by atoms with Gasteiger partial charge in [-0.3, -0.25) is 4.98 Å². The standard InChI is InChI=1S/C8H9Cl2NO2/c1-13-4-7(12)8-6(10)2-5(9)3-11-8/h2-3,7,12H,4H2,1H3. The van der Waals surface area contributed by atoms with E-state index in [1.54, 1.807) is 0 Å². The lowest BCUT2D eigenvalue weighted by Crippen LogP contribution is -2.07. The van der Waals surface area contributed by atoms with E-state index < -0.39 is 6.10 Å². The summed E-state index contributed by atoms with van der Waals surface area (Å²) in [5.41, 5.74) is 0.382. The predicted molar refractivity (Wildman–Crippen MR) is 51.1 cm³/mol. The van der Waals surface area contributed by atoms with E-state index in [9.17, 15) is 5.11 Å².